The Hall–Kier alpha value is -1.88. The average Bonchev–Trinajstić information content (AvgIpc) is 2.28. The van der Waals surface area contributed by atoms with Crippen LogP contribution in [0.2, 0.25) is 0 Å². The maximum atomic E-state index is 6.04. The molecule has 1 unspecified atom stereocenters. The van der Waals surface area contributed by atoms with Crippen molar-refractivity contribution in [3.63, 3.8) is 0 Å². The Morgan fingerprint density at radius 1 is 1.38 bits per heavy atom. The van der Waals surface area contributed by atoms with Gasteiger partial charge in [-0.25, -0.2) is 4.99 Å². The molecule has 16 heavy (non-hydrogen) atoms. The third-order valence-electron chi connectivity index (χ3n) is 2.40. The molecule has 0 bridgehead atoms. The summed E-state index contributed by atoms with van der Waals surface area (Å²) in [5.41, 5.74) is 12.6. The maximum Gasteiger partial charge on any atom is 0.184 e. The predicted molar refractivity (Wildman–Crippen MR) is 63.4 cm³/mol. The fourth-order valence-electron chi connectivity index (χ4n) is 1.56. The molecule has 5 nitrogen and oxygen atoms in total. The third kappa shape index (κ3) is 2.58. The van der Waals surface area contributed by atoms with E-state index in [1.165, 1.54) is 0 Å². The minimum Gasteiger partial charge on any atom is -0.384 e. The number of pyridine rings is 1. The molecule has 0 aliphatic carbocycles. The fourth-order valence-corrected chi connectivity index (χ4v) is 1.56. The monoisotopic (exact) mass is 217 g/mol. The largest absolute Gasteiger partial charge is 0.384 e. The van der Waals surface area contributed by atoms with Crippen LogP contribution in [0.5, 0.6) is 0 Å². The van der Waals surface area contributed by atoms with Gasteiger partial charge in [0.1, 0.15) is 5.84 Å². The van der Waals surface area contributed by atoms with Crippen LogP contribution < -0.4 is 16.8 Å². The average molecular weight is 217 g/mol. The van der Waals surface area contributed by atoms with E-state index in [0.717, 1.165) is 12.1 Å². The highest BCUT2D eigenvalue weighted by atomic mass is 15.3. The summed E-state index contributed by atoms with van der Waals surface area (Å²) in [7, 11) is 0. The van der Waals surface area contributed by atoms with Crippen LogP contribution in [0.25, 0.3) is 0 Å². The van der Waals surface area contributed by atoms with E-state index in [1.54, 1.807) is 18.5 Å². The first-order valence-corrected chi connectivity index (χ1v) is 5.16. The minimum atomic E-state index is -0.809. The molecule has 0 saturated carbocycles. The third-order valence-corrected chi connectivity index (χ3v) is 2.40. The zero-order valence-electron chi connectivity index (χ0n) is 8.93. The van der Waals surface area contributed by atoms with Crippen molar-refractivity contribution in [1.82, 2.24) is 10.3 Å². The van der Waals surface area contributed by atoms with E-state index in [1.807, 2.05) is 18.2 Å². The molecule has 0 amide bonds. The summed E-state index contributed by atoms with van der Waals surface area (Å²) < 4.78 is 0. The summed E-state index contributed by atoms with van der Waals surface area (Å²) in [4.78, 5) is 8.41. The van der Waals surface area contributed by atoms with Crippen LogP contribution in [0, 0.1) is 0 Å². The first kappa shape index (κ1) is 10.6. The van der Waals surface area contributed by atoms with Gasteiger partial charge in [0, 0.05) is 24.5 Å². The van der Waals surface area contributed by atoms with E-state index in [4.69, 9.17) is 11.5 Å². The van der Waals surface area contributed by atoms with E-state index >= 15 is 0 Å². The smallest absolute Gasteiger partial charge is 0.184 e. The van der Waals surface area contributed by atoms with E-state index in [9.17, 15) is 0 Å². The van der Waals surface area contributed by atoms with Crippen molar-refractivity contribution in [3.05, 3.63) is 42.4 Å². The topological polar surface area (TPSA) is 89.3 Å². The molecule has 1 aliphatic rings. The SMILES string of the molecule is NC1=NC(N)(CCc2ccccn2)NC=C1. The molecule has 0 fully saturated rings. The van der Waals surface area contributed by atoms with Crippen LogP contribution in [0.3, 0.4) is 0 Å². The molecule has 1 aromatic rings. The van der Waals surface area contributed by atoms with Crippen LogP contribution in [0.4, 0.5) is 0 Å². The molecule has 2 rings (SSSR count). The van der Waals surface area contributed by atoms with Crippen molar-refractivity contribution in [3.8, 4) is 0 Å². The number of aromatic nitrogens is 1. The number of aryl methyl sites for hydroxylation is 1. The van der Waals surface area contributed by atoms with Gasteiger partial charge >= 0.3 is 0 Å². The van der Waals surface area contributed by atoms with Gasteiger partial charge in [-0.3, -0.25) is 10.7 Å². The molecule has 0 radical (unpaired) electrons. The molecule has 1 atom stereocenters. The second-order valence-corrected chi connectivity index (χ2v) is 3.76. The molecule has 2 heterocycles. The quantitative estimate of drug-likeness (QED) is 0.670. The highest BCUT2D eigenvalue weighted by Gasteiger charge is 2.24. The first-order chi connectivity index (χ1) is 7.68. The Bertz CT molecular complexity index is 412. The van der Waals surface area contributed by atoms with E-state index in [0.29, 0.717) is 12.3 Å². The number of nitrogens with two attached hydrogens (primary N) is 2. The van der Waals surface area contributed by atoms with Gasteiger partial charge in [-0.15, -0.1) is 0 Å². The first-order valence-electron chi connectivity index (χ1n) is 5.16. The Labute approximate surface area is 94.3 Å². The normalized spacial score (nSPS) is 23.7. The van der Waals surface area contributed by atoms with Gasteiger partial charge in [0.15, 0.2) is 5.79 Å². The molecule has 0 spiro atoms. The van der Waals surface area contributed by atoms with Crippen LogP contribution >= 0.6 is 0 Å². The maximum absolute atomic E-state index is 6.04. The van der Waals surface area contributed by atoms with Gasteiger partial charge < -0.3 is 11.1 Å². The second-order valence-electron chi connectivity index (χ2n) is 3.76. The minimum absolute atomic E-state index is 0.447. The Balaban J connectivity index is 1.98. The lowest BCUT2D eigenvalue weighted by Gasteiger charge is -2.28. The van der Waals surface area contributed by atoms with Crippen molar-refractivity contribution < 1.29 is 0 Å². The fraction of sp³-hybridized carbons (Fsp3) is 0.273. The molecule has 5 heteroatoms. The van der Waals surface area contributed by atoms with Crippen molar-refractivity contribution in [2.24, 2.45) is 16.5 Å². The molecular formula is C11H15N5. The van der Waals surface area contributed by atoms with Crippen LogP contribution in [0.1, 0.15) is 12.1 Å². The number of rotatable bonds is 3. The van der Waals surface area contributed by atoms with E-state index in [-0.39, 0.29) is 0 Å². The van der Waals surface area contributed by atoms with Crippen molar-refractivity contribution in [2.75, 3.05) is 0 Å². The summed E-state index contributed by atoms with van der Waals surface area (Å²) >= 11 is 0. The Morgan fingerprint density at radius 3 is 2.94 bits per heavy atom. The van der Waals surface area contributed by atoms with Crippen LogP contribution in [0.15, 0.2) is 41.7 Å². The van der Waals surface area contributed by atoms with Gasteiger partial charge in [-0.05, 0) is 24.6 Å². The standard InChI is InChI=1S/C11H15N5/c12-10-5-8-15-11(13,16-10)6-4-9-3-1-2-7-14-9/h1-3,5,7-8,15H,4,6,13H2,(H2,12,16). The zero-order chi connectivity index (χ0) is 11.4. The van der Waals surface area contributed by atoms with Gasteiger partial charge in [0.25, 0.3) is 0 Å². The molecule has 1 aliphatic heterocycles. The van der Waals surface area contributed by atoms with Gasteiger partial charge in [0.05, 0.1) is 0 Å². The van der Waals surface area contributed by atoms with Gasteiger partial charge in [0.2, 0.25) is 0 Å². The molecule has 0 saturated heterocycles. The van der Waals surface area contributed by atoms with Crippen LogP contribution in [-0.2, 0) is 6.42 Å². The Morgan fingerprint density at radius 2 is 2.25 bits per heavy atom. The molecule has 0 aromatic carbocycles. The highest BCUT2D eigenvalue weighted by Crippen LogP contribution is 2.12. The number of hydrogen-bond donors (Lipinski definition) is 3. The Kier molecular flexibility index (Phi) is 2.87. The van der Waals surface area contributed by atoms with E-state index in [2.05, 4.69) is 15.3 Å². The van der Waals surface area contributed by atoms with Gasteiger partial charge in [-0.1, -0.05) is 6.07 Å². The van der Waals surface area contributed by atoms with Crippen LogP contribution in [-0.4, -0.2) is 16.6 Å². The summed E-state index contributed by atoms with van der Waals surface area (Å²) in [5.74, 6) is -0.363. The summed E-state index contributed by atoms with van der Waals surface area (Å²) in [5, 5.41) is 3.00. The number of nitrogens with zero attached hydrogens (tertiary/aromatic N) is 2. The van der Waals surface area contributed by atoms with Gasteiger partial charge in [-0.2, -0.15) is 0 Å². The lowest BCUT2D eigenvalue weighted by Crippen LogP contribution is -2.52. The molecule has 5 N–H and O–H groups in total. The number of nitrogens with one attached hydrogen (secondary N) is 1. The lowest BCUT2D eigenvalue weighted by molar-refractivity contribution is 0.362. The summed E-state index contributed by atoms with van der Waals surface area (Å²) in [6.07, 6.45) is 6.58. The number of amidine groups is 1. The lowest BCUT2D eigenvalue weighted by atomic mass is 10.1. The summed E-state index contributed by atoms with van der Waals surface area (Å²) in [6, 6.07) is 5.81. The predicted octanol–water partition coefficient (Wildman–Crippen LogP) is 0.101. The molecule has 1 aromatic heterocycles. The second kappa shape index (κ2) is 4.32. The van der Waals surface area contributed by atoms with Crippen molar-refractivity contribution >= 4 is 5.84 Å². The number of hydrogen-bond acceptors (Lipinski definition) is 5. The number of aliphatic imine (C=N–C) groups is 1. The zero-order valence-corrected chi connectivity index (χ0v) is 8.93. The molecular weight excluding hydrogens is 202 g/mol. The molecule has 84 valence electrons. The van der Waals surface area contributed by atoms with Crippen molar-refractivity contribution in [2.45, 2.75) is 18.6 Å². The highest BCUT2D eigenvalue weighted by molar-refractivity contribution is 5.92. The summed E-state index contributed by atoms with van der Waals surface area (Å²) in [6.45, 7) is 0. The van der Waals surface area contributed by atoms with E-state index < -0.39 is 5.79 Å². The van der Waals surface area contributed by atoms with Crippen molar-refractivity contribution in [1.29, 1.82) is 0 Å².